The monoisotopic (exact) mass is 360 g/mol. The molecule has 0 spiro atoms. The van der Waals surface area contributed by atoms with E-state index in [0.717, 1.165) is 46.7 Å². The highest BCUT2D eigenvalue weighted by Crippen LogP contribution is 2.33. The topological polar surface area (TPSA) is 54.9 Å². The number of carbonyl (C=O) groups excluding carboxylic acids is 1. The maximum Gasteiger partial charge on any atom is 0.270 e. The molecule has 0 saturated heterocycles. The van der Waals surface area contributed by atoms with E-state index in [1.165, 1.54) is 34.4 Å². The Labute approximate surface area is 145 Å². The number of hydrogen-bond donors (Lipinski definition) is 1. The van der Waals surface area contributed by atoms with Crippen LogP contribution in [-0.4, -0.2) is 15.5 Å². The van der Waals surface area contributed by atoms with Crippen LogP contribution in [0, 0.1) is 10.6 Å². The number of thiophene rings is 1. The lowest BCUT2D eigenvalue weighted by atomic mass is 9.97. The SMILES string of the molecule is O=C(c1cccc(F)c1)n1c(=S)[nH]c2sc3c(c2c1=O)CCCC3. The van der Waals surface area contributed by atoms with Gasteiger partial charge in [-0.2, -0.15) is 0 Å². The predicted molar refractivity (Wildman–Crippen MR) is 94.0 cm³/mol. The summed E-state index contributed by atoms with van der Waals surface area (Å²) in [5.41, 5.74) is 0.709. The summed E-state index contributed by atoms with van der Waals surface area (Å²) < 4.78 is 14.4. The summed E-state index contributed by atoms with van der Waals surface area (Å²) in [6.45, 7) is 0. The summed E-state index contributed by atoms with van der Waals surface area (Å²) in [4.78, 5) is 30.6. The summed E-state index contributed by atoms with van der Waals surface area (Å²) in [6.07, 6.45) is 3.93. The summed E-state index contributed by atoms with van der Waals surface area (Å²) >= 11 is 6.76. The molecule has 1 aliphatic rings. The number of aryl methyl sites for hydroxylation is 2. The summed E-state index contributed by atoms with van der Waals surface area (Å²) in [5, 5.41) is 0.549. The highest BCUT2D eigenvalue weighted by atomic mass is 32.1. The molecule has 0 aliphatic heterocycles. The van der Waals surface area contributed by atoms with Gasteiger partial charge in [-0.15, -0.1) is 11.3 Å². The number of halogens is 1. The van der Waals surface area contributed by atoms with Gasteiger partial charge in [0.2, 0.25) is 0 Å². The molecule has 2 aromatic heterocycles. The molecular formula is C17H13FN2O2S2. The van der Waals surface area contributed by atoms with E-state index in [9.17, 15) is 14.0 Å². The molecule has 1 N–H and O–H groups in total. The lowest BCUT2D eigenvalue weighted by Crippen LogP contribution is -2.29. The van der Waals surface area contributed by atoms with Crippen LogP contribution >= 0.6 is 23.6 Å². The van der Waals surface area contributed by atoms with E-state index in [1.54, 1.807) is 0 Å². The van der Waals surface area contributed by atoms with Crippen LogP contribution in [0.25, 0.3) is 10.2 Å². The van der Waals surface area contributed by atoms with Gasteiger partial charge in [-0.05, 0) is 61.7 Å². The number of H-pyrrole nitrogens is 1. The molecule has 0 amide bonds. The highest BCUT2D eigenvalue weighted by molar-refractivity contribution is 7.71. The Morgan fingerprint density at radius 1 is 1.29 bits per heavy atom. The largest absolute Gasteiger partial charge is 0.323 e. The summed E-state index contributed by atoms with van der Waals surface area (Å²) in [7, 11) is 0. The number of rotatable bonds is 1. The number of nitrogens with one attached hydrogen (secondary N) is 1. The summed E-state index contributed by atoms with van der Waals surface area (Å²) in [5.74, 6) is -1.14. The highest BCUT2D eigenvalue weighted by Gasteiger charge is 2.22. The van der Waals surface area contributed by atoms with Crippen LogP contribution in [0.1, 0.15) is 33.6 Å². The van der Waals surface area contributed by atoms with Gasteiger partial charge in [-0.3, -0.25) is 9.59 Å². The van der Waals surface area contributed by atoms with Crippen molar-refractivity contribution in [2.75, 3.05) is 0 Å². The normalized spacial score (nSPS) is 13.9. The fourth-order valence-electron chi connectivity index (χ4n) is 3.17. The smallest absolute Gasteiger partial charge is 0.270 e. The van der Waals surface area contributed by atoms with Crippen LogP contribution in [0.3, 0.4) is 0 Å². The molecule has 0 bridgehead atoms. The van der Waals surface area contributed by atoms with E-state index in [-0.39, 0.29) is 10.3 Å². The van der Waals surface area contributed by atoms with E-state index < -0.39 is 17.3 Å². The Hall–Kier alpha value is -2.12. The van der Waals surface area contributed by atoms with Crippen LogP contribution < -0.4 is 5.56 Å². The van der Waals surface area contributed by atoms with Gasteiger partial charge in [0.05, 0.1) is 5.39 Å². The minimum absolute atomic E-state index is 0.0420. The minimum atomic E-state index is -0.613. The Bertz CT molecular complexity index is 1090. The lowest BCUT2D eigenvalue weighted by Gasteiger charge is -2.10. The predicted octanol–water partition coefficient (Wildman–Crippen LogP) is 3.83. The molecule has 3 aromatic rings. The number of aromatic nitrogens is 2. The van der Waals surface area contributed by atoms with Crippen LogP contribution in [0.15, 0.2) is 29.1 Å². The zero-order valence-electron chi connectivity index (χ0n) is 12.6. The fraction of sp³-hybridized carbons (Fsp3) is 0.235. The molecule has 1 aromatic carbocycles. The summed E-state index contributed by atoms with van der Waals surface area (Å²) in [6, 6.07) is 5.26. The molecular weight excluding hydrogens is 347 g/mol. The standard InChI is InChI=1S/C17H13FN2O2S2/c18-10-5-3-4-9(8-10)15(21)20-16(22)13-11-6-1-2-7-12(11)24-14(13)19-17(20)23/h3-5,8H,1-2,6-7H2,(H,19,23). The van der Waals surface area contributed by atoms with Crippen LogP contribution in [0.5, 0.6) is 0 Å². The van der Waals surface area contributed by atoms with Crippen molar-refractivity contribution in [3.63, 3.8) is 0 Å². The van der Waals surface area contributed by atoms with Gasteiger partial charge in [-0.1, -0.05) is 6.07 Å². The van der Waals surface area contributed by atoms with Gasteiger partial charge >= 0.3 is 0 Å². The third kappa shape index (κ3) is 2.35. The zero-order chi connectivity index (χ0) is 16.8. The van der Waals surface area contributed by atoms with E-state index in [2.05, 4.69) is 4.98 Å². The van der Waals surface area contributed by atoms with Crippen molar-refractivity contribution in [2.45, 2.75) is 25.7 Å². The lowest BCUT2D eigenvalue weighted by molar-refractivity contribution is 0.0953. The maximum atomic E-state index is 13.4. The number of fused-ring (bicyclic) bond motifs is 3. The molecule has 1 aliphatic carbocycles. The molecule has 0 radical (unpaired) electrons. The van der Waals surface area contributed by atoms with Crippen molar-refractivity contribution in [1.29, 1.82) is 0 Å². The molecule has 0 saturated carbocycles. The zero-order valence-corrected chi connectivity index (χ0v) is 14.2. The number of carbonyl (C=O) groups is 1. The molecule has 7 heteroatoms. The molecule has 24 heavy (non-hydrogen) atoms. The second kappa shape index (κ2) is 5.75. The Morgan fingerprint density at radius 3 is 2.88 bits per heavy atom. The number of nitrogens with zero attached hydrogens (tertiary/aromatic N) is 1. The van der Waals surface area contributed by atoms with Crippen molar-refractivity contribution in [1.82, 2.24) is 9.55 Å². The van der Waals surface area contributed by atoms with Gasteiger partial charge in [0.25, 0.3) is 11.5 Å². The van der Waals surface area contributed by atoms with Gasteiger partial charge in [0.15, 0.2) is 4.77 Å². The average molecular weight is 360 g/mol. The first-order chi connectivity index (χ1) is 11.6. The van der Waals surface area contributed by atoms with Crippen molar-refractivity contribution >= 4 is 39.7 Å². The minimum Gasteiger partial charge on any atom is -0.323 e. The van der Waals surface area contributed by atoms with E-state index in [4.69, 9.17) is 12.2 Å². The van der Waals surface area contributed by atoms with Crippen molar-refractivity contribution < 1.29 is 9.18 Å². The molecule has 122 valence electrons. The number of hydrogen-bond acceptors (Lipinski definition) is 4. The van der Waals surface area contributed by atoms with Crippen molar-refractivity contribution in [2.24, 2.45) is 0 Å². The molecule has 0 fully saturated rings. The second-order valence-corrected chi connectivity index (χ2v) is 7.29. The first-order valence-corrected chi connectivity index (χ1v) is 8.88. The van der Waals surface area contributed by atoms with Crippen LogP contribution in [-0.2, 0) is 12.8 Å². The number of aromatic amines is 1. The Balaban J connectivity index is 1.97. The quantitative estimate of drug-likeness (QED) is 0.671. The molecule has 0 atom stereocenters. The molecule has 2 heterocycles. The van der Waals surface area contributed by atoms with Gasteiger partial charge < -0.3 is 4.98 Å². The molecule has 0 unspecified atom stereocenters. The first kappa shape index (κ1) is 15.4. The second-order valence-electron chi connectivity index (χ2n) is 5.80. The van der Waals surface area contributed by atoms with E-state index in [1.807, 2.05) is 0 Å². The van der Waals surface area contributed by atoms with Gasteiger partial charge in [0.1, 0.15) is 10.6 Å². The molecule has 4 rings (SSSR count). The Morgan fingerprint density at radius 2 is 2.08 bits per heavy atom. The number of benzene rings is 1. The van der Waals surface area contributed by atoms with Crippen LogP contribution in [0.2, 0.25) is 0 Å². The van der Waals surface area contributed by atoms with Crippen LogP contribution in [0.4, 0.5) is 4.39 Å². The van der Waals surface area contributed by atoms with Crippen molar-refractivity contribution in [3.8, 4) is 0 Å². The van der Waals surface area contributed by atoms with Gasteiger partial charge in [-0.25, -0.2) is 8.96 Å². The molecule has 4 nitrogen and oxygen atoms in total. The van der Waals surface area contributed by atoms with Crippen molar-refractivity contribution in [3.05, 3.63) is 61.2 Å². The van der Waals surface area contributed by atoms with Gasteiger partial charge in [0, 0.05) is 10.4 Å². The fourth-order valence-corrected chi connectivity index (χ4v) is 4.79. The van der Waals surface area contributed by atoms with E-state index in [0.29, 0.717) is 5.39 Å². The van der Waals surface area contributed by atoms with E-state index >= 15 is 0 Å². The maximum absolute atomic E-state index is 13.4. The Kier molecular flexibility index (Phi) is 3.69. The third-order valence-corrected chi connectivity index (χ3v) is 5.78. The third-order valence-electron chi connectivity index (χ3n) is 4.29. The first-order valence-electron chi connectivity index (χ1n) is 7.66. The average Bonchev–Trinajstić information content (AvgIpc) is 2.92.